The summed E-state index contributed by atoms with van der Waals surface area (Å²) in [6.45, 7) is 8.98. The van der Waals surface area contributed by atoms with Crippen LogP contribution in [0.1, 0.15) is 62.1 Å². The molecule has 5 nitrogen and oxygen atoms in total. The highest BCUT2D eigenvalue weighted by molar-refractivity contribution is 6.32. The van der Waals surface area contributed by atoms with Gasteiger partial charge in [-0.1, -0.05) is 43.5 Å². The fourth-order valence-corrected chi connectivity index (χ4v) is 5.17. The van der Waals surface area contributed by atoms with E-state index in [4.69, 9.17) is 16.3 Å². The highest BCUT2D eigenvalue weighted by Gasteiger charge is 2.26. The first kappa shape index (κ1) is 26.7. The number of hydrogen-bond donors (Lipinski definition) is 3. The van der Waals surface area contributed by atoms with Gasteiger partial charge in [-0.15, -0.1) is 0 Å². The summed E-state index contributed by atoms with van der Waals surface area (Å²) in [7, 11) is 0. The first-order chi connectivity index (χ1) is 16.5. The van der Waals surface area contributed by atoms with Crippen LogP contribution in [-0.4, -0.2) is 53.9 Å². The van der Waals surface area contributed by atoms with Crippen molar-refractivity contribution in [3.05, 3.63) is 52.0 Å². The van der Waals surface area contributed by atoms with Gasteiger partial charge in [-0.05, 0) is 94.4 Å². The second kappa shape index (κ2) is 13.8. The van der Waals surface area contributed by atoms with Crippen LogP contribution in [0.4, 0.5) is 0 Å². The number of hydrogen-bond acceptors (Lipinski definition) is 5. The quantitative estimate of drug-likeness (QED) is 0.229. The molecule has 34 heavy (non-hydrogen) atoms. The summed E-state index contributed by atoms with van der Waals surface area (Å²) < 4.78 is 5.75. The average molecular weight is 489 g/mol. The van der Waals surface area contributed by atoms with Crippen LogP contribution in [0.25, 0.3) is 0 Å². The Morgan fingerprint density at radius 2 is 1.88 bits per heavy atom. The lowest BCUT2D eigenvalue weighted by Crippen LogP contribution is -2.40. The van der Waals surface area contributed by atoms with E-state index in [0.29, 0.717) is 17.7 Å². The number of halogens is 1. The Bertz CT molecular complexity index is 905. The molecule has 0 bridgehead atoms. The Kier molecular flexibility index (Phi) is 10.8. The smallest absolute Gasteiger partial charge is 0.160 e. The Morgan fingerprint density at radius 3 is 2.68 bits per heavy atom. The summed E-state index contributed by atoms with van der Waals surface area (Å²) in [5.41, 5.74) is 3.26. The maximum Gasteiger partial charge on any atom is 0.160 e. The molecule has 1 aliphatic carbocycles. The number of nitrogens with one attached hydrogen (secondary N) is 1. The van der Waals surface area contributed by atoms with Crippen molar-refractivity contribution in [2.24, 2.45) is 0 Å². The normalized spacial score (nSPS) is 15.5. The minimum atomic E-state index is 0.000272. The average Bonchev–Trinajstić information content (AvgIpc) is 2.83. The zero-order chi connectivity index (χ0) is 24.3. The summed E-state index contributed by atoms with van der Waals surface area (Å²) in [5.74, 6) is 0.833. The summed E-state index contributed by atoms with van der Waals surface area (Å²) in [6, 6.07) is 10.0. The predicted octanol–water partition coefficient (Wildman–Crippen LogP) is 5.86. The van der Waals surface area contributed by atoms with Gasteiger partial charge in [-0.3, -0.25) is 0 Å². The number of phenols is 2. The standard InChI is InChI=1S/C28H41ClN2O3/c1-3-16-31(23-10-11-24-22(20-23)9-12-26(32)28(24)33)17-7-5-4-6-14-30-15-18-34-27-13-8-21(2)19-25(27)29/h8-9,12-13,19,23,30,32-33H,3-7,10-11,14-18,20H2,1-2H3/t23-/m0/s1. The monoisotopic (exact) mass is 488 g/mol. The van der Waals surface area contributed by atoms with E-state index in [1.807, 2.05) is 31.2 Å². The highest BCUT2D eigenvalue weighted by atomic mass is 35.5. The first-order valence-electron chi connectivity index (χ1n) is 12.9. The largest absolute Gasteiger partial charge is 0.504 e. The molecular formula is C28H41ClN2O3. The van der Waals surface area contributed by atoms with Crippen LogP contribution < -0.4 is 10.1 Å². The molecule has 3 N–H and O–H groups in total. The van der Waals surface area contributed by atoms with E-state index in [-0.39, 0.29) is 11.5 Å². The minimum absolute atomic E-state index is 0.000272. The molecule has 1 atom stereocenters. The molecule has 6 heteroatoms. The lowest BCUT2D eigenvalue weighted by atomic mass is 9.86. The van der Waals surface area contributed by atoms with E-state index >= 15 is 0 Å². The molecule has 2 aromatic rings. The molecule has 1 aliphatic rings. The van der Waals surface area contributed by atoms with Crippen LogP contribution in [0.15, 0.2) is 30.3 Å². The Hall–Kier alpha value is -1.95. The van der Waals surface area contributed by atoms with Gasteiger partial charge in [0.2, 0.25) is 0 Å². The zero-order valence-electron chi connectivity index (χ0n) is 20.8. The molecule has 0 unspecified atom stereocenters. The number of nitrogens with zero attached hydrogens (tertiary/aromatic N) is 1. The molecule has 0 spiro atoms. The van der Waals surface area contributed by atoms with Crippen molar-refractivity contribution in [2.45, 2.75) is 71.3 Å². The fraction of sp³-hybridized carbons (Fsp3) is 0.571. The number of phenolic OH excluding ortho intramolecular Hbond substituents is 2. The number of ether oxygens (including phenoxy) is 1. The number of aromatic hydroxyl groups is 2. The third kappa shape index (κ3) is 7.79. The van der Waals surface area contributed by atoms with Crippen LogP contribution in [0.2, 0.25) is 5.02 Å². The van der Waals surface area contributed by atoms with Crippen molar-refractivity contribution in [2.75, 3.05) is 32.8 Å². The molecule has 0 amide bonds. The SMILES string of the molecule is CCCN(CCCCCCNCCOc1ccc(C)cc1Cl)[C@H]1CCc2c(ccc(O)c2O)C1. The van der Waals surface area contributed by atoms with Gasteiger partial charge in [-0.25, -0.2) is 0 Å². The molecule has 2 aromatic carbocycles. The second-order valence-electron chi connectivity index (χ2n) is 9.45. The number of fused-ring (bicyclic) bond motifs is 1. The van der Waals surface area contributed by atoms with Crippen molar-refractivity contribution >= 4 is 11.6 Å². The van der Waals surface area contributed by atoms with E-state index in [0.717, 1.165) is 68.7 Å². The summed E-state index contributed by atoms with van der Waals surface area (Å²) in [6.07, 6.45) is 8.88. The Morgan fingerprint density at radius 1 is 1.06 bits per heavy atom. The maximum atomic E-state index is 10.2. The van der Waals surface area contributed by atoms with Gasteiger partial charge in [0.15, 0.2) is 11.5 Å². The Balaban J connectivity index is 1.27. The van der Waals surface area contributed by atoms with Crippen molar-refractivity contribution < 1.29 is 14.9 Å². The number of unbranched alkanes of at least 4 members (excludes halogenated alkanes) is 3. The van der Waals surface area contributed by atoms with Crippen LogP contribution >= 0.6 is 11.6 Å². The highest BCUT2D eigenvalue weighted by Crippen LogP contribution is 2.36. The van der Waals surface area contributed by atoms with Crippen molar-refractivity contribution in [3.63, 3.8) is 0 Å². The van der Waals surface area contributed by atoms with Gasteiger partial charge in [0.25, 0.3) is 0 Å². The first-order valence-corrected chi connectivity index (χ1v) is 13.2. The molecule has 0 heterocycles. The van der Waals surface area contributed by atoms with Gasteiger partial charge in [0.1, 0.15) is 12.4 Å². The van der Waals surface area contributed by atoms with Crippen LogP contribution in [0.3, 0.4) is 0 Å². The van der Waals surface area contributed by atoms with Gasteiger partial charge in [-0.2, -0.15) is 0 Å². The van der Waals surface area contributed by atoms with E-state index in [1.54, 1.807) is 6.07 Å². The molecule has 0 radical (unpaired) electrons. The van der Waals surface area contributed by atoms with Crippen LogP contribution in [0.5, 0.6) is 17.2 Å². The maximum absolute atomic E-state index is 10.2. The number of benzene rings is 2. The van der Waals surface area contributed by atoms with E-state index in [1.165, 1.54) is 31.2 Å². The predicted molar refractivity (Wildman–Crippen MR) is 140 cm³/mol. The lowest BCUT2D eigenvalue weighted by molar-refractivity contribution is 0.175. The zero-order valence-corrected chi connectivity index (χ0v) is 21.5. The third-order valence-electron chi connectivity index (χ3n) is 6.74. The van der Waals surface area contributed by atoms with Gasteiger partial charge in [0.05, 0.1) is 5.02 Å². The molecule has 0 aromatic heterocycles. The molecule has 0 aliphatic heterocycles. The van der Waals surface area contributed by atoms with Crippen molar-refractivity contribution in [1.82, 2.24) is 10.2 Å². The lowest BCUT2D eigenvalue weighted by Gasteiger charge is -2.35. The molecule has 0 saturated carbocycles. The topological polar surface area (TPSA) is 65.0 Å². The minimum Gasteiger partial charge on any atom is -0.504 e. The second-order valence-corrected chi connectivity index (χ2v) is 9.86. The van der Waals surface area contributed by atoms with E-state index in [2.05, 4.69) is 17.1 Å². The van der Waals surface area contributed by atoms with E-state index in [9.17, 15) is 10.2 Å². The van der Waals surface area contributed by atoms with E-state index < -0.39 is 0 Å². The summed E-state index contributed by atoms with van der Waals surface area (Å²) in [5, 5.41) is 24.1. The Labute approximate surface area is 210 Å². The van der Waals surface area contributed by atoms with Crippen LogP contribution in [-0.2, 0) is 12.8 Å². The number of rotatable bonds is 14. The van der Waals surface area contributed by atoms with Gasteiger partial charge < -0.3 is 25.2 Å². The third-order valence-corrected chi connectivity index (χ3v) is 7.04. The molecular weight excluding hydrogens is 448 g/mol. The van der Waals surface area contributed by atoms with Gasteiger partial charge >= 0.3 is 0 Å². The molecule has 0 saturated heterocycles. The van der Waals surface area contributed by atoms with Crippen molar-refractivity contribution in [3.8, 4) is 17.2 Å². The summed E-state index contributed by atoms with van der Waals surface area (Å²) in [4.78, 5) is 2.64. The summed E-state index contributed by atoms with van der Waals surface area (Å²) >= 11 is 6.20. The molecule has 188 valence electrons. The van der Waals surface area contributed by atoms with Gasteiger partial charge in [0, 0.05) is 18.2 Å². The molecule has 0 fully saturated rings. The van der Waals surface area contributed by atoms with Crippen molar-refractivity contribution in [1.29, 1.82) is 0 Å². The number of aryl methyl sites for hydroxylation is 1. The van der Waals surface area contributed by atoms with Crippen LogP contribution in [0, 0.1) is 6.92 Å². The fourth-order valence-electron chi connectivity index (χ4n) is 4.88. The molecule has 3 rings (SSSR count).